The normalized spacial score (nSPS) is 12.4. The first-order chi connectivity index (χ1) is 23.2. The standard InChI is InChI=1S/C39H42N4O5/c1-2-21-43(31(24-36(40)44)23-28-19-20-29-13-6-7-14-30(29)22-28)39(48)34(16-10-18-37(45)46)41-38(47)33-26-42(25-27-11-4-3-5-12-27)35-17-9-8-15-32(33)35/h3-9,11-15,17,19-20,22,26,31,34H,2,10,16,18,21,23-25H2,1H3,(H2,40,44)(H,41,47)(H,45,46)/t31-,34-/m0/s1. The predicted octanol–water partition coefficient (Wildman–Crippen LogP) is 5.92. The Morgan fingerprint density at radius 3 is 2.31 bits per heavy atom. The Kier molecular flexibility index (Phi) is 11.2. The second-order valence-electron chi connectivity index (χ2n) is 12.2. The molecule has 1 heterocycles. The van der Waals surface area contributed by atoms with E-state index < -0.39 is 29.9 Å². The van der Waals surface area contributed by atoms with Crippen LogP contribution in [0.4, 0.5) is 0 Å². The lowest BCUT2D eigenvalue weighted by atomic mass is 9.97. The van der Waals surface area contributed by atoms with Gasteiger partial charge in [0.1, 0.15) is 6.04 Å². The van der Waals surface area contributed by atoms with Crippen molar-refractivity contribution in [1.29, 1.82) is 0 Å². The van der Waals surface area contributed by atoms with Crippen molar-refractivity contribution in [2.24, 2.45) is 5.73 Å². The summed E-state index contributed by atoms with van der Waals surface area (Å²) in [5, 5.41) is 15.2. The molecule has 3 amide bonds. The zero-order chi connectivity index (χ0) is 34.0. The van der Waals surface area contributed by atoms with E-state index in [4.69, 9.17) is 5.73 Å². The van der Waals surface area contributed by atoms with Crippen LogP contribution in [-0.2, 0) is 27.3 Å². The molecule has 248 valence electrons. The Bertz CT molecular complexity index is 1900. The van der Waals surface area contributed by atoms with Crippen molar-refractivity contribution in [1.82, 2.24) is 14.8 Å². The number of aliphatic carboxylic acids is 1. The van der Waals surface area contributed by atoms with Crippen molar-refractivity contribution in [2.45, 2.75) is 64.1 Å². The third-order valence-electron chi connectivity index (χ3n) is 8.63. The van der Waals surface area contributed by atoms with Gasteiger partial charge < -0.3 is 25.6 Å². The highest BCUT2D eigenvalue weighted by molar-refractivity contribution is 6.08. The number of primary amides is 1. The number of hydrogen-bond donors (Lipinski definition) is 3. The number of benzene rings is 4. The highest BCUT2D eigenvalue weighted by Gasteiger charge is 2.32. The van der Waals surface area contributed by atoms with Gasteiger partial charge in [0.25, 0.3) is 5.91 Å². The maximum absolute atomic E-state index is 14.4. The maximum Gasteiger partial charge on any atom is 0.303 e. The second kappa shape index (κ2) is 15.9. The van der Waals surface area contributed by atoms with E-state index in [-0.39, 0.29) is 31.6 Å². The number of aromatic nitrogens is 1. The van der Waals surface area contributed by atoms with E-state index in [0.717, 1.165) is 32.8 Å². The van der Waals surface area contributed by atoms with E-state index in [1.54, 1.807) is 11.1 Å². The molecule has 0 saturated heterocycles. The molecule has 0 aliphatic rings. The summed E-state index contributed by atoms with van der Waals surface area (Å²) in [4.78, 5) is 53.8. The highest BCUT2D eigenvalue weighted by atomic mass is 16.4. The molecule has 0 fully saturated rings. The Morgan fingerprint density at radius 1 is 0.875 bits per heavy atom. The Morgan fingerprint density at radius 2 is 1.58 bits per heavy atom. The van der Waals surface area contributed by atoms with Gasteiger partial charge in [0.05, 0.1) is 5.56 Å². The van der Waals surface area contributed by atoms with E-state index in [2.05, 4.69) is 11.4 Å². The van der Waals surface area contributed by atoms with Gasteiger partial charge in [-0.3, -0.25) is 19.2 Å². The first-order valence-corrected chi connectivity index (χ1v) is 16.4. The minimum atomic E-state index is -1.01. The van der Waals surface area contributed by atoms with Crippen molar-refractivity contribution < 1.29 is 24.3 Å². The van der Waals surface area contributed by atoms with Crippen LogP contribution in [0.5, 0.6) is 0 Å². The summed E-state index contributed by atoms with van der Waals surface area (Å²) in [6, 6.07) is 30.0. The van der Waals surface area contributed by atoms with Crippen LogP contribution in [0.1, 0.15) is 60.5 Å². The lowest BCUT2D eigenvalue weighted by molar-refractivity contribution is -0.139. The summed E-state index contributed by atoms with van der Waals surface area (Å²) >= 11 is 0. The quantitative estimate of drug-likeness (QED) is 0.122. The van der Waals surface area contributed by atoms with Crippen molar-refractivity contribution in [3.05, 3.63) is 120 Å². The molecule has 9 nitrogen and oxygen atoms in total. The zero-order valence-electron chi connectivity index (χ0n) is 27.2. The molecule has 5 aromatic rings. The van der Waals surface area contributed by atoms with Crippen LogP contribution in [0.2, 0.25) is 0 Å². The Labute approximate surface area is 280 Å². The van der Waals surface area contributed by atoms with Gasteiger partial charge in [-0.1, -0.05) is 97.9 Å². The summed E-state index contributed by atoms with van der Waals surface area (Å²) in [5.74, 6) is -2.31. The largest absolute Gasteiger partial charge is 0.481 e. The van der Waals surface area contributed by atoms with E-state index in [9.17, 15) is 24.3 Å². The lowest BCUT2D eigenvalue weighted by Crippen LogP contribution is -2.53. The summed E-state index contributed by atoms with van der Waals surface area (Å²) in [6.45, 7) is 2.84. The van der Waals surface area contributed by atoms with Crippen molar-refractivity contribution in [3.63, 3.8) is 0 Å². The smallest absolute Gasteiger partial charge is 0.303 e. The Hall–Kier alpha value is -5.44. The van der Waals surface area contributed by atoms with E-state index in [1.165, 1.54) is 0 Å². The maximum atomic E-state index is 14.4. The fraction of sp³-hybridized carbons (Fsp3) is 0.282. The molecule has 0 saturated carbocycles. The molecule has 0 aliphatic heterocycles. The Balaban J connectivity index is 1.44. The minimum absolute atomic E-state index is 0.0542. The zero-order valence-corrected chi connectivity index (χ0v) is 27.2. The van der Waals surface area contributed by atoms with Crippen molar-refractivity contribution >= 4 is 45.4 Å². The average molecular weight is 647 g/mol. The molecule has 48 heavy (non-hydrogen) atoms. The lowest BCUT2D eigenvalue weighted by Gasteiger charge is -2.34. The van der Waals surface area contributed by atoms with Gasteiger partial charge in [-0.15, -0.1) is 0 Å². The molecular formula is C39H42N4O5. The number of hydrogen-bond acceptors (Lipinski definition) is 4. The number of carboxylic acids is 1. The van der Waals surface area contributed by atoms with Gasteiger partial charge >= 0.3 is 5.97 Å². The van der Waals surface area contributed by atoms with Gasteiger partial charge in [0, 0.05) is 49.1 Å². The van der Waals surface area contributed by atoms with Crippen molar-refractivity contribution in [2.75, 3.05) is 6.54 Å². The van der Waals surface area contributed by atoms with Gasteiger partial charge in [0.2, 0.25) is 11.8 Å². The monoisotopic (exact) mass is 646 g/mol. The topological polar surface area (TPSA) is 135 Å². The van der Waals surface area contributed by atoms with Crippen LogP contribution in [0, 0.1) is 0 Å². The van der Waals surface area contributed by atoms with Crippen LogP contribution in [0.3, 0.4) is 0 Å². The molecule has 4 aromatic carbocycles. The summed E-state index contributed by atoms with van der Waals surface area (Å²) < 4.78 is 2.01. The van der Waals surface area contributed by atoms with Crippen molar-refractivity contribution in [3.8, 4) is 0 Å². The number of nitrogens with zero attached hydrogens (tertiary/aromatic N) is 2. The first-order valence-electron chi connectivity index (χ1n) is 16.4. The molecule has 4 N–H and O–H groups in total. The predicted molar refractivity (Wildman–Crippen MR) is 187 cm³/mol. The fourth-order valence-corrected chi connectivity index (χ4v) is 6.37. The van der Waals surface area contributed by atoms with Gasteiger partial charge in [-0.25, -0.2) is 0 Å². The number of nitrogens with two attached hydrogens (primary N) is 1. The molecule has 0 unspecified atom stereocenters. The molecular weight excluding hydrogens is 604 g/mol. The third kappa shape index (κ3) is 8.47. The van der Waals surface area contributed by atoms with E-state index in [0.29, 0.717) is 31.5 Å². The van der Waals surface area contributed by atoms with Gasteiger partial charge in [-0.2, -0.15) is 0 Å². The number of amides is 3. The van der Waals surface area contributed by atoms with Crippen LogP contribution < -0.4 is 11.1 Å². The van der Waals surface area contributed by atoms with Gasteiger partial charge in [-0.05, 0) is 53.6 Å². The highest BCUT2D eigenvalue weighted by Crippen LogP contribution is 2.24. The van der Waals surface area contributed by atoms with E-state index >= 15 is 0 Å². The van der Waals surface area contributed by atoms with Crippen LogP contribution in [-0.4, -0.2) is 56.9 Å². The summed E-state index contributed by atoms with van der Waals surface area (Å²) in [7, 11) is 0. The molecule has 0 bridgehead atoms. The number of nitrogens with one attached hydrogen (secondary N) is 1. The first kappa shape index (κ1) is 33.9. The summed E-state index contributed by atoms with van der Waals surface area (Å²) in [6.07, 6.45) is 2.91. The molecule has 2 atom stereocenters. The number of carbonyl (C=O) groups is 4. The number of rotatable bonds is 16. The molecule has 0 radical (unpaired) electrons. The molecule has 9 heteroatoms. The molecule has 1 aromatic heterocycles. The third-order valence-corrected chi connectivity index (χ3v) is 8.63. The average Bonchev–Trinajstić information content (AvgIpc) is 3.44. The van der Waals surface area contributed by atoms with Crippen LogP contribution >= 0.6 is 0 Å². The van der Waals surface area contributed by atoms with Gasteiger partial charge in [0.15, 0.2) is 0 Å². The number of fused-ring (bicyclic) bond motifs is 2. The molecule has 0 aliphatic carbocycles. The molecule has 5 rings (SSSR count). The number of carbonyl (C=O) groups excluding carboxylic acids is 3. The van der Waals surface area contributed by atoms with Crippen LogP contribution in [0.15, 0.2) is 103 Å². The fourth-order valence-electron chi connectivity index (χ4n) is 6.37. The second-order valence-corrected chi connectivity index (χ2v) is 12.2. The SMILES string of the molecule is CCCN(C(=O)[C@H](CCCC(=O)O)NC(=O)c1cn(Cc2ccccc2)c2ccccc12)[C@H](CC(N)=O)Cc1ccc2ccccc2c1. The summed E-state index contributed by atoms with van der Waals surface area (Å²) in [5.41, 5.74) is 9.04. The molecule has 0 spiro atoms. The van der Waals surface area contributed by atoms with Crippen LogP contribution in [0.25, 0.3) is 21.7 Å². The van der Waals surface area contributed by atoms with E-state index in [1.807, 2.05) is 102 Å². The number of para-hydroxylation sites is 1. The number of carboxylic acid groups (broad SMARTS) is 1. The minimum Gasteiger partial charge on any atom is -0.481 e.